The fraction of sp³-hybridized carbons (Fsp3) is 0.333. The average molecular weight is 386 g/mol. The minimum atomic E-state index is -0.590. The van der Waals surface area contributed by atoms with Crippen molar-refractivity contribution in [1.29, 1.82) is 0 Å². The molecule has 0 fully saturated rings. The van der Waals surface area contributed by atoms with Crippen LogP contribution in [0.15, 0.2) is 48.5 Å². The number of anilines is 1. The van der Waals surface area contributed by atoms with E-state index in [-0.39, 0.29) is 6.54 Å². The quantitative estimate of drug-likeness (QED) is 0.524. The van der Waals surface area contributed by atoms with Gasteiger partial charge in [-0.3, -0.25) is 15.1 Å². The standard InChI is InChI=1S/C21H26N2O5/c1-21(2,3)28-20(25)22-13-19(16-6-5-7-17(12-16)23-26-4)27-18-10-8-15(14-24)9-11-18/h5-12,14,19,23H,13H2,1-4H3,(H,22,25). The molecule has 0 radical (unpaired) electrons. The van der Waals surface area contributed by atoms with E-state index in [2.05, 4.69) is 10.8 Å². The van der Waals surface area contributed by atoms with Crippen molar-refractivity contribution in [2.24, 2.45) is 0 Å². The van der Waals surface area contributed by atoms with Crippen LogP contribution >= 0.6 is 0 Å². The Morgan fingerprint density at radius 2 is 1.86 bits per heavy atom. The summed E-state index contributed by atoms with van der Waals surface area (Å²) < 4.78 is 11.3. The lowest BCUT2D eigenvalue weighted by molar-refractivity contribution is 0.0500. The van der Waals surface area contributed by atoms with Gasteiger partial charge < -0.3 is 14.8 Å². The number of nitrogens with one attached hydrogen (secondary N) is 2. The number of rotatable bonds is 8. The Balaban J connectivity index is 2.17. The van der Waals surface area contributed by atoms with Crippen LogP contribution in [0.5, 0.6) is 5.75 Å². The third-order valence-corrected chi connectivity index (χ3v) is 3.60. The van der Waals surface area contributed by atoms with Gasteiger partial charge in [0.05, 0.1) is 19.3 Å². The van der Waals surface area contributed by atoms with Crippen molar-refractivity contribution in [3.63, 3.8) is 0 Å². The lowest BCUT2D eigenvalue weighted by Gasteiger charge is -2.23. The first-order valence-electron chi connectivity index (χ1n) is 8.88. The number of alkyl carbamates (subject to hydrolysis) is 1. The molecule has 2 aromatic rings. The summed E-state index contributed by atoms with van der Waals surface area (Å²) in [6.07, 6.45) is -0.234. The minimum absolute atomic E-state index is 0.195. The van der Waals surface area contributed by atoms with E-state index >= 15 is 0 Å². The fourth-order valence-electron chi connectivity index (χ4n) is 2.43. The number of aldehydes is 1. The molecule has 0 aliphatic heterocycles. The molecular formula is C21H26N2O5. The molecular weight excluding hydrogens is 360 g/mol. The summed E-state index contributed by atoms with van der Waals surface area (Å²) >= 11 is 0. The molecule has 0 aliphatic carbocycles. The predicted octanol–water partition coefficient (Wildman–Crippen LogP) is 4.12. The van der Waals surface area contributed by atoms with Gasteiger partial charge in [-0.25, -0.2) is 4.79 Å². The van der Waals surface area contributed by atoms with Crippen LogP contribution in [0.3, 0.4) is 0 Å². The van der Waals surface area contributed by atoms with Gasteiger partial charge in [-0.1, -0.05) is 12.1 Å². The average Bonchev–Trinajstić information content (AvgIpc) is 2.65. The van der Waals surface area contributed by atoms with E-state index in [9.17, 15) is 9.59 Å². The molecule has 0 heterocycles. The van der Waals surface area contributed by atoms with Crippen molar-refractivity contribution < 1.29 is 23.9 Å². The second-order valence-electron chi connectivity index (χ2n) is 7.11. The number of carbonyl (C=O) groups excluding carboxylic acids is 2. The number of benzene rings is 2. The van der Waals surface area contributed by atoms with Crippen LogP contribution in [0.2, 0.25) is 0 Å². The summed E-state index contributed by atoms with van der Waals surface area (Å²) in [6.45, 7) is 5.60. The van der Waals surface area contributed by atoms with Gasteiger partial charge in [0, 0.05) is 5.56 Å². The Morgan fingerprint density at radius 1 is 1.14 bits per heavy atom. The molecule has 150 valence electrons. The van der Waals surface area contributed by atoms with Gasteiger partial charge in [-0.2, -0.15) is 0 Å². The number of hydrogen-bond donors (Lipinski definition) is 2. The van der Waals surface area contributed by atoms with Gasteiger partial charge in [0.25, 0.3) is 0 Å². The van der Waals surface area contributed by atoms with E-state index in [1.54, 1.807) is 45.0 Å². The smallest absolute Gasteiger partial charge is 0.407 e. The van der Waals surface area contributed by atoms with Gasteiger partial charge in [0.2, 0.25) is 0 Å². The van der Waals surface area contributed by atoms with Gasteiger partial charge >= 0.3 is 6.09 Å². The third kappa shape index (κ3) is 6.92. The Hall–Kier alpha value is -3.06. The highest BCUT2D eigenvalue weighted by molar-refractivity contribution is 5.74. The number of carbonyl (C=O) groups is 2. The molecule has 1 atom stereocenters. The van der Waals surface area contributed by atoms with Gasteiger partial charge in [-0.15, -0.1) is 0 Å². The first kappa shape index (κ1) is 21.2. The van der Waals surface area contributed by atoms with Crippen LogP contribution in [0, 0.1) is 0 Å². The van der Waals surface area contributed by atoms with Crippen molar-refractivity contribution in [1.82, 2.24) is 5.32 Å². The lowest BCUT2D eigenvalue weighted by Crippen LogP contribution is -2.35. The van der Waals surface area contributed by atoms with E-state index in [4.69, 9.17) is 14.3 Å². The molecule has 2 aromatic carbocycles. The van der Waals surface area contributed by atoms with E-state index < -0.39 is 17.8 Å². The second-order valence-corrected chi connectivity index (χ2v) is 7.11. The van der Waals surface area contributed by atoms with E-state index in [0.717, 1.165) is 17.5 Å². The summed E-state index contributed by atoms with van der Waals surface area (Å²) in [6, 6.07) is 14.2. The molecule has 0 saturated heterocycles. The molecule has 1 unspecified atom stereocenters. The first-order chi connectivity index (χ1) is 13.3. The topological polar surface area (TPSA) is 85.9 Å². The highest BCUT2D eigenvalue weighted by Crippen LogP contribution is 2.24. The molecule has 0 aliphatic rings. The van der Waals surface area contributed by atoms with Gasteiger partial charge in [0.15, 0.2) is 0 Å². The summed E-state index contributed by atoms with van der Waals surface area (Å²) in [5.74, 6) is 0.576. The summed E-state index contributed by atoms with van der Waals surface area (Å²) in [5, 5.41) is 2.74. The SMILES string of the molecule is CONc1cccc(C(CNC(=O)OC(C)(C)C)Oc2ccc(C=O)cc2)c1. The van der Waals surface area contributed by atoms with Crippen molar-refractivity contribution >= 4 is 18.1 Å². The maximum atomic E-state index is 12.0. The second kappa shape index (κ2) is 9.75. The summed E-state index contributed by atoms with van der Waals surface area (Å²) in [5.41, 5.74) is 4.32. The zero-order valence-corrected chi connectivity index (χ0v) is 16.5. The lowest BCUT2D eigenvalue weighted by atomic mass is 10.1. The van der Waals surface area contributed by atoms with Crippen LogP contribution in [0.25, 0.3) is 0 Å². The Kier molecular flexibility index (Phi) is 7.40. The van der Waals surface area contributed by atoms with Crippen molar-refractivity contribution in [2.45, 2.75) is 32.5 Å². The summed E-state index contributed by atoms with van der Waals surface area (Å²) in [4.78, 5) is 27.8. The van der Waals surface area contributed by atoms with Crippen molar-refractivity contribution in [3.8, 4) is 5.75 Å². The fourth-order valence-corrected chi connectivity index (χ4v) is 2.43. The first-order valence-corrected chi connectivity index (χ1v) is 8.88. The zero-order valence-electron chi connectivity index (χ0n) is 16.5. The molecule has 28 heavy (non-hydrogen) atoms. The van der Waals surface area contributed by atoms with Crippen LogP contribution in [0.1, 0.15) is 42.8 Å². The van der Waals surface area contributed by atoms with Gasteiger partial charge in [0.1, 0.15) is 23.7 Å². The predicted molar refractivity (Wildman–Crippen MR) is 107 cm³/mol. The Morgan fingerprint density at radius 3 is 2.46 bits per heavy atom. The van der Waals surface area contributed by atoms with Crippen LogP contribution < -0.4 is 15.5 Å². The largest absolute Gasteiger partial charge is 0.484 e. The highest BCUT2D eigenvalue weighted by Gasteiger charge is 2.20. The zero-order chi connectivity index (χ0) is 20.6. The van der Waals surface area contributed by atoms with E-state index in [0.29, 0.717) is 11.3 Å². The molecule has 2 rings (SSSR count). The Labute approximate surface area is 164 Å². The van der Waals surface area contributed by atoms with Crippen LogP contribution in [-0.2, 0) is 9.57 Å². The monoisotopic (exact) mass is 386 g/mol. The third-order valence-electron chi connectivity index (χ3n) is 3.60. The molecule has 7 heteroatoms. The van der Waals surface area contributed by atoms with Crippen molar-refractivity contribution in [3.05, 3.63) is 59.7 Å². The molecule has 2 N–H and O–H groups in total. The molecule has 0 spiro atoms. The molecule has 0 bridgehead atoms. The highest BCUT2D eigenvalue weighted by atomic mass is 16.6. The Bertz CT molecular complexity index is 784. The van der Waals surface area contributed by atoms with E-state index in [1.807, 2.05) is 24.3 Å². The van der Waals surface area contributed by atoms with Crippen molar-refractivity contribution in [2.75, 3.05) is 19.1 Å². The number of amides is 1. The molecule has 0 aromatic heterocycles. The maximum absolute atomic E-state index is 12.0. The number of hydrogen-bond acceptors (Lipinski definition) is 6. The summed E-state index contributed by atoms with van der Waals surface area (Å²) in [7, 11) is 1.53. The molecule has 0 saturated carbocycles. The minimum Gasteiger partial charge on any atom is -0.484 e. The van der Waals surface area contributed by atoms with Crippen LogP contribution in [-0.4, -0.2) is 31.6 Å². The molecule has 7 nitrogen and oxygen atoms in total. The van der Waals surface area contributed by atoms with Gasteiger partial charge in [-0.05, 0) is 62.7 Å². The number of ether oxygens (including phenoxy) is 2. The molecule has 1 amide bonds. The van der Waals surface area contributed by atoms with E-state index in [1.165, 1.54) is 7.11 Å². The maximum Gasteiger partial charge on any atom is 0.407 e. The normalized spacial score (nSPS) is 12.0. The van der Waals surface area contributed by atoms with Crippen LogP contribution in [0.4, 0.5) is 10.5 Å².